The van der Waals surface area contributed by atoms with Crippen LogP contribution in [0, 0.1) is 6.92 Å². The van der Waals surface area contributed by atoms with Gasteiger partial charge in [0.2, 0.25) is 0 Å². The van der Waals surface area contributed by atoms with Crippen LogP contribution < -0.4 is 0 Å². The van der Waals surface area contributed by atoms with Gasteiger partial charge in [0.1, 0.15) is 12.1 Å². The largest absolute Gasteiger partial charge is 0.466 e. The molecule has 0 spiro atoms. The van der Waals surface area contributed by atoms with Gasteiger partial charge in [-0.25, -0.2) is 0 Å². The van der Waals surface area contributed by atoms with Crippen molar-refractivity contribution in [3.63, 3.8) is 0 Å². The van der Waals surface area contributed by atoms with Crippen molar-refractivity contribution in [2.45, 2.75) is 20.3 Å². The van der Waals surface area contributed by atoms with E-state index < -0.39 is 5.97 Å². The number of Topliss-reactive ketones (excluding diaryl/α,β-unsaturated/α-hetero) is 1. The fourth-order valence-corrected chi connectivity index (χ4v) is 1.13. The van der Waals surface area contributed by atoms with Gasteiger partial charge in [0.25, 0.3) is 0 Å². The van der Waals surface area contributed by atoms with E-state index in [2.05, 4.69) is 9.84 Å². The van der Waals surface area contributed by atoms with Crippen LogP contribution in [0.2, 0.25) is 0 Å². The Bertz CT molecular complexity index is 363. The molecule has 0 bridgehead atoms. The molecule has 0 saturated carbocycles. The van der Waals surface area contributed by atoms with Gasteiger partial charge in [-0.3, -0.25) is 14.3 Å². The molecule has 5 heteroatoms. The predicted molar refractivity (Wildman–Crippen MR) is 53.5 cm³/mol. The van der Waals surface area contributed by atoms with E-state index in [9.17, 15) is 9.59 Å². The topological polar surface area (TPSA) is 61.2 Å². The van der Waals surface area contributed by atoms with E-state index in [1.54, 1.807) is 24.7 Å². The lowest BCUT2D eigenvalue weighted by atomic mass is 10.2. The molecule has 0 unspecified atom stereocenters. The number of esters is 1. The normalized spacial score (nSPS) is 10.1. The average molecular weight is 210 g/mol. The Kier molecular flexibility index (Phi) is 3.60. The third-order valence-corrected chi connectivity index (χ3v) is 2.01. The summed E-state index contributed by atoms with van der Waals surface area (Å²) in [6.45, 7) is 3.83. The van der Waals surface area contributed by atoms with Crippen LogP contribution in [0.3, 0.4) is 0 Å². The molecule has 0 aromatic carbocycles. The van der Waals surface area contributed by atoms with Gasteiger partial charge in [-0.2, -0.15) is 5.10 Å². The quantitative estimate of drug-likeness (QED) is 0.420. The summed E-state index contributed by atoms with van der Waals surface area (Å²) in [7, 11) is 1.75. The van der Waals surface area contributed by atoms with Crippen molar-refractivity contribution in [1.82, 2.24) is 9.78 Å². The molecule has 0 N–H and O–H groups in total. The number of nitrogens with zero attached hydrogens (tertiary/aromatic N) is 2. The Hall–Kier alpha value is -1.65. The van der Waals surface area contributed by atoms with Crippen LogP contribution in [0.25, 0.3) is 0 Å². The summed E-state index contributed by atoms with van der Waals surface area (Å²) < 4.78 is 6.27. The number of hydrogen-bond acceptors (Lipinski definition) is 4. The zero-order valence-electron chi connectivity index (χ0n) is 9.11. The summed E-state index contributed by atoms with van der Waals surface area (Å²) in [5.74, 6) is -0.817. The minimum atomic E-state index is -0.509. The summed E-state index contributed by atoms with van der Waals surface area (Å²) in [6.07, 6.45) is -0.246. The Morgan fingerprint density at radius 1 is 1.53 bits per heavy atom. The standard InChI is InChI=1S/C10H14N2O3/c1-4-15-10(14)6-9(13)8-5-7(2)12(3)11-8/h5H,4,6H2,1-3H3. The van der Waals surface area contributed by atoms with Crippen LogP contribution in [-0.2, 0) is 16.6 Å². The highest BCUT2D eigenvalue weighted by Crippen LogP contribution is 2.05. The summed E-state index contributed by atoms with van der Waals surface area (Å²) in [5, 5.41) is 3.98. The number of carbonyl (C=O) groups is 2. The van der Waals surface area contributed by atoms with E-state index in [1.807, 2.05) is 6.92 Å². The highest BCUT2D eigenvalue weighted by molar-refractivity contribution is 6.04. The molecule has 0 aliphatic rings. The zero-order chi connectivity index (χ0) is 11.4. The van der Waals surface area contributed by atoms with Crippen molar-refractivity contribution in [3.8, 4) is 0 Å². The van der Waals surface area contributed by atoms with Crippen LogP contribution >= 0.6 is 0 Å². The van der Waals surface area contributed by atoms with Gasteiger partial charge in [-0.1, -0.05) is 0 Å². The van der Waals surface area contributed by atoms with Gasteiger partial charge in [0.05, 0.1) is 6.61 Å². The van der Waals surface area contributed by atoms with Crippen molar-refractivity contribution in [2.24, 2.45) is 7.05 Å². The third kappa shape index (κ3) is 2.90. The van der Waals surface area contributed by atoms with Gasteiger partial charge >= 0.3 is 5.97 Å². The Morgan fingerprint density at radius 2 is 2.20 bits per heavy atom. The molecule has 0 aliphatic carbocycles. The first kappa shape index (κ1) is 11.4. The Balaban J connectivity index is 2.65. The number of ketones is 1. The molecular formula is C10H14N2O3. The molecule has 1 rings (SSSR count). The molecule has 0 amide bonds. The van der Waals surface area contributed by atoms with E-state index in [-0.39, 0.29) is 18.8 Å². The van der Waals surface area contributed by atoms with Crippen molar-refractivity contribution in [2.75, 3.05) is 6.61 Å². The van der Waals surface area contributed by atoms with Gasteiger partial charge in [-0.05, 0) is 19.9 Å². The number of carbonyl (C=O) groups excluding carboxylic acids is 2. The molecule has 15 heavy (non-hydrogen) atoms. The fraction of sp³-hybridized carbons (Fsp3) is 0.500. The van der Waals surface area contributed by atoms with Crippen molar-refractivity contribution in [1.29, 1.82) is 0 Å². The van der Waals surface area contributed by atoms with Crippen molar-refractivity contribution < 1.29 is 14.3 Å². The summed E-state index contributed by atoms with van der Waals surface area (Å²) in [4.78, 5) is 22.6. The fourth-order valence-electron chi connectivity index (χ4n) is 1.13. The van der Waals surface area contributed by atoms with E-state index in [0.29, 0.717) is 5.69 Å². The van der Waals surface area contributed by atoms with E-state index in [0.717, 1.165) is 5.69 Å². The van der Waals surface area contributed by atoms with Crippen molar-refractivity contribution >= 4 is 11.8 Å². The smallest absolute Gasteiger partial charge is 0.313 e. The minimum absolute atomic E-state index is 0.246. The SMILES string of the molecule is CCOC(=O)CC(=O)c1cc(C)n(C)n1. The zero-order valence-corrected chi connectivity index (χ0v) is 9.11. The maximum absolute atomic E-state index is 11.5. The molecule has 0 fully saturated rings. The van der Waals surface area contributed by atoms with Crippen LogP contribution in [0.1, 0.15) is 29.5 Å². The van der Waals surface area contributed by atoms with Gasteiger partial charge < -0.3 is 4.74 Å². The lowest BCUT2D eigenvalue weighted by Gasteiger charge is -1.98. The monoisotopic (exact) mass is 210 g/mol. The van der Waals surface area contributed by atoms with Crippen LogP contribution in [0.5, 0.6) is 0 Å². The van der Waals surface area contributed by atoms with Crippen LogP contribution in [-0.4, -0.2) is 28.1 Å². The number of hydrogen-bond donors (Lipinski definition) is 0. The number of aryl methyl sites for hydroxylation is 2. The maximum atomic E-state index is 11.5. The van der Waals surface area contributed by atoms with E-state index in [4.69, 9.17) is 0 Å². The maximum Gasteiger partial charge on any atom is 0.313 e. The number of rotatable bonds is 4. The first-order chi connectivity index (χ1) is 7.04. The summed E-state index contributed by atoms with van der Waals surface area (Å²) in [6, 6.07) is 1.65. The second kappa shape index (κ2) is 4.72. The summed E-state index contributed by atoms with van der Waals surface area (Å²) >= 11 is 0. The molecular weight excluding hydrogens is 196 g/mol. The third-order valence-electron chi connectivity index (χ3n) is 2.01. The molecule has 0 atom stereocenters. The molecule has 1 aromatic heterocycles. The lowest BCUT2D eigenvalue weighted by molar-refractivity contribution is -0.141. The molecule has 1 heterocycles. The predicted octanol–water partition coefficient (Wildman–Crippen LogP) is 0.864. The number of aromatic nitrogens is 2. The van der Waals surface area contributed by atoms with Gasteiger partial charge in [-0.15, -0.1) is 0 Å². The Labute approximate surface area is 88.0 Å². The molecule has 82 valence electrons. The molecule has 0 aliphatic heterocycles. The second-order valence-electron chi connectivity index (χ2n) is 3.20. The van der Waals surface area contributed by atoms with Crippen LogP contribution in [0.15, 0.2) is 6.07 Å². The molecule has 0 radical (unpaired) electrons. The lowest BCUT2D eigenvalue weighted by Crippen LogP contribution is -2.12. The highest BCUT2D eigenvalue weighted by Gasteiger charge is 2.15. The summed E-state index contributed by atoms with van der Waals surface area (Å²) in [5.41, 5.74) is 1.19. The number of ether oxygens (including phenoxy) is 1. The van der Waals surface area contributed by atoms with Crippen molar-refractivity contribution in [3.05, 3.63) is 17.5 Å². The van der Waals surface area contributed by atoms with Gasteiger partial charge in [0, 0.05) is 12.7 Å². The first-order valence-corrected chi connectivity index (χ1v) is 4.74. The van der Waals surface area contributed by atoms with E-state index >= 15 is 0 Å². The molecule has 0 saturated heterocycles. The molecule has 1 aromatic rings. The first-order valence-electron chi connectivity index (χ1n) is 4.74. The average Bonchev–Trinajstić information content (AvgIpc) is 2.47. The molecule has 5 nitrogen and oxygen atoms in total. The highest BCUT2D eigenvalue weighted by atomic mass is 16.5. The Morgan fingerprint density at radius 3 is 2.67 bits per heavy atom. The minimum Gasteiger partial charge on any atom is -0.466 e. The van der Waals surface area contributed by atoms with Crippen LogP contribution in [0.4, 0.5) is 0 Å². The second-order valence-corrected chi connectivity index (χ2v) is 3.20. The van der Waals surface area contributed by atoms with Gasteiger partial charge in [0.15, 0.2) is 5.78 Å². The van der Waals surface area contributed by atoms with E-state index in [1.165, 1.54) is 0 Å².